The molecule has 25 heavy (non-hydrogen) atoms. The number of amides is 1. The number of likely N-dealkylation sites (N-methyl/N-ethyl adjacent to an activating group) is 1. The predicted octanol–water partition coefficient (Wildman–Crippen LogP) is 2.50. The van der Waals surface area contributed by atoms with Gasteiger partial charge in [-0.05, 0) is 57.4 Å². The van der Waals surface area contributed by atoms with E-state index in [0.717, 1.165) is 29.3 Å². The van der Waals surface area contributed by atoms with Crippen LogP contribution in [0.1, 0.15) is 38.3 Å². The molecule has 1 aliphatic rings. The van der Waals surface area contributed by atoms with Crippen molar-refractivity contribution >= 4 is 16.8 Å². The maximum Gasteiger partial charge on any atom is 0.234 e. The van der Waals surface area contributed by atoms with Crippen molar-refractivity contribution in [2.75, 3.05) is 13.6 Å². The number of hydrogen-bond acceptors (Lipinski definition) is 4. The number of aromatic nitrogens is 1. The van der Waals surface area contributed by atoms with E-state index in [2.05, 4.69) is 30.2 Å². The van der Waals surface area contributed by atoms with Crippen LogP contribution in [0, 0.1) is 5.92 Å². The first-order chi connectivity index (χ1) is 11.9. The third kappa shape index (κ3) is 4.17. The second-order valence-electron chi connectivity index (χ2n) is 7.40. The molecule has 0 bridgehead atoms. The smallest absolute Gasteiger partial charge is 0.234 e. The summed E-state index contributed by atoms with van der Waals surface area (Å²) >= 11 is 0. The van der Waals surface area contributed by atoms with E-state index in [9.17, 15) is 9.90 Å². The molecular weight excluding hydrogens is 314 g/mol. The second-order valence-corrected chi connectivity index (χ2v) is 7.40. The number of rotatable bonds is 6. The number of para-hydroxylation sites is 1. The molecule has 0 saturated heterocycles. The fraction of sp³-hybridized carbons (Fsp3) is 0.500. The molecule has 0 unspecified atom stereocenters. The van der Waals surface area contributed by atoms with Gasteiger partial charge in [0.05, 0.1) is 24.2 Å². The summed E-state index contributed by atoms with van der Waals surface area (Å²) in [6.07, 6.45) is 3.04. The lowest BCUT2D eigenvalue weighted by atomic mass is 9.75. The Kier molecular flexibility index (Phi) is 5.35. The topological polar surface area (TPSA) is 65.5 Å². The van der Waals surface area contributed by atoms with Crippen LogP contribution in [0.25, 0.3) is 10.9 Å². The molecule has 1 fully saturated rings. The van der Waals surface area contributed by atoms with Crippen LogP contribution in [0.3, 0.4) is 0 Å². The number of hydrogen-bond donors (Lipinski definition) is 2. The lowest BCUT2D eigenvalue weighted by molar-refractivity contribution is -0.124. The summed E-state index contributed by atoms with van der Waals surface area (Å²) < 4.78 is 0. The molecule has 1 aromatic carbocycles. The summed E-state index contributed by atoms with van der Waals surface area (Å²) in [5, 5.41) is 13.9. The summed E-state index contributed by atoms with van der Waals surface area (Å²) in [4.78, 5) is 19.0. The number of carbonyl (C=O) groups is 1. The van der Waals surface area contributed by atoms with E-state index in [-0.39, 0.29) is 24.0 Å². The Hall–Kier alpha value is -1.98. The fourth-order valence-corrected chi connectivity index (χ4v) is 3.26. The van der Waals surface area contributed by atoms with Crippen molar-refractivity contribution in [3.8, 4) is 0 Å². The number of nitrogens with zero attached hydrogens (tertiary/aromatic N) is 2. The Morgan fingerprint density at radius 1 is 1.36 bits per heavy atom. The zero-order valence-electron chi connectivity index (χ0n) is 15.1. The number of benzene rings is 1. The number of carbonyl (C=O) groups excluding carboxylic acids is 1. The number of aliphatic hydroxyl groups excluding tert-OH is 1. The summed E-state index contributed by atoms with van der Waals surface area (Å²) in [6.45, 7) is 4.51. The van der Waals surface area contributed by atoms with E-state index >= 15 is 0 Å². The van der Waals surface area contributed by atoms with Crippen molar-refractivity contribution in [1.29, 1.82) is 0 Å². The summed E-state index contributed by atoms with van der Waals surface area (Å²) in [5.41, 5.74) is 1.96. The van der Waals surface area contributed by atoms with Gasteiger partial charge in [0.15, 0.2) is 0 Å². The number of pyridine rings is 1. The van der Waals surface area contributed by atoms with Gasteiger partial charge in [0, 0.05) is 17.6 Å². The molecule has 0 aliphatic heterocycles. The molecule has 1 aliphatic carbocycles. The molecule has 5 nitrogen and oxygen atoms in total. The zero-order chi connectivity index (χ0) is 18.0. The number of fused-ring (bicyclic) bond motifs is 1. The highest BCUT2D eigenvalue weighted by atomic mass is 16.3. The Bertz CT molecular complexity index is 741. The molecule has 0 radical (unpaired) electrons. The van der Waals surface area contributed by atoms with Crippen molar-refractivity contribution in [1.82, 2.24) is 15.2 Å². The minimum Gasteiger partial charge on any atom is -0.393 e. The van der Waals surface area contributed by atoms with Crippen LogP contribution < -0.4 is 5.32 Å². The van der Waals surface area contributed by atoms with Gasteiger partial charge < -0.3 is 10.4 Å². The van der Waals surface area contributed by atoms with Gasteiger partial charge in [-0.1, -0.05) is 18.2 Å². The molecule has 2 aromatic rings. The third-order valence-electron chi connectivity index (χ3n) is 5.18. The Morgan fingerprint density at radius 2 is 2.08 bits per heavy atom. The second kappa shape index (κ2) is 7.50. The van der Waals surface area contributed by atoms with Gasteiger partial charge in [-0.3, -0.25) is 14.7 Å². The van der Waals surface area contributed by atoms with Gasteiger partial charge in [-0.25, -0.2) is 0 Å². The molecule has 1 aromatic heterocycles. The average Bonchev–Trinajstić information content (AvgIpc) is 2.56. The first-order valence-electron chi connectivity index (χ1n) is 8.96. The molecule has 0 spiro atoms. The molecule has 5 heteroatoms. The fourth-order valence-electron chi connectivity index (χ4n) is 3.26. The van der Waals surface area contributed by atoms with E-state index in [4.69, 9.17) is 0 Å². The van der Waals surface area contributed by atoms with Crippen LogP contribution in [-0.2, 0) is 4.79 Å². The van der Waals surface area contributed by atoms with Gasteiger partial charge in [0.25, 0.3) is 0 Å². The highest BCUT2D eigenvalue weighted by Crippen LogP contribution is 2.38. The maximum absolute atomic E-state index is 12.5. The van der Waals surface area contributed by atoms with Crippen molar-refractivity contribution in [2.45, 2.75) is 44.9 Å². The molecule has 1 saturated carbocycles. The van der Waals surface area contributed by atoms with Crippen LogP contribution in [0.5, 0.6) is 0 Å². The van der Waals surface area contributed by atoms with E-state index in [1.165, 1.54) is 0 Å². The Labute approximate surface area is 149 Å². The first-order valence-corrected chi connectivity index (χ1v) is 8.96. The van der Waals surface area contributed by atoms with Crippen LogP contribution >= 0.6 is 0 Å². The van der Waals surface area contributed by atoms with E-state index in [1.54, 1.807) is 0 Å². The minimum atomic E-state index is -0.254. The van der Waals surface area contributed by atoms with E-state index in [1.807, 2.05) is 42.4 Å². The molecule has 1 amide bonds. The van der Waals surface area contributed by atoms with Gasteiger partial charge in [0.1, 0.15) is 0 Å². The summed E-state index contributed by atoms with van der Waals surface area (Å²) in [7, 11) is 1.95. The van der Waals surface area contributed by atoms with Crippen LogP contribution in [0.15, 0.2) is 36.5 Å². The molecule has 3 rings (SSSR count). The van der Waals surface area contributed by atoms with Crippen LogP contribution in [0.4, 0.5) is 0 Å². The highest BCUT2D eigenvalue weighted by molar-refractivity contribution is 5.80. The number of aliphatic hydroxyl groups is 1. The lowest BCUT2D eigenvalue weighted by Crippen LogP contribution is -2.45. The SMILES string of the molecule is CC(C)N(C)CC(=O)N[C@@H](c1cnc2ccccc2c1)C1CC(O)C1. The van der Waals surface area contributed by atoms with E-state index in [0.29, 0.717) is 12.6 Å². The van der Waals surface area contributed by atoms with Gasteiger partial charge in [0.2, 0.25) is 5.91 Å². The third-order valence-corrected chi connectivity index (χ3v) is 5.18. The molecular formula is C20H27N3O2. The lowest BCUT2D eigenvalue weighted by Gasteiger charge is -2.38. The maximum atomic E-state index is 12.5. The van der Waals surface area contributed by atoms with Gasteiger partial charge in [-0.2, -0.15) is 0 Å². The zero-order valence-corrected chi connectivity index (χ0v) is 15.1. The molecule has 134 valence electrons. The monoisotopic (exact) mass is 341 g/mol. The van der Waals surface area contributed by atoms with Crippen molar-refractivity contribution in [3.63, 3.8) is 0 Å². The Morgan fingerprint density at radius 3 is 2.76 bits per heavy atom. The quantitative estimate of drug-likeness (QED) is 0.847. The first kappa shape index (κ1) is 17.8. The largest absolute Gasteiger partial charge is 0.393 e. The average molecular weight is 341 g/mol. The standard InChI is InChI=1S/C20H27N3O2/c1-13(2)23(3)12-19(25)22-20(15-9-17(24)10-15)16-8-14-6-4-5-7-18(14)21-11-16/h4-8,11,13,15,17,20,24H,9-10,12H2,1-3H3,(H,22,25)/t15?,17?,20-/m1/s1. The predicted molar refractivity (Wildman–Crippen MR) is 99.1 cm³/mol. The van der Waals surface area contributed by atoms with Crippen molar-refractivity contribution in [3.05, 3.63) is 42.1 Å². The van der Waals surface area contributed by atoms with Crippen molar-refractivity contribution in [2.24, 2.45) is 5.92 Å². The summed E-state index contributed by atoms with van der Waals surface area (Å²) in [6, 6.07) is 10.3. The molecule has 1 heterocycles. The normalized spacial score (nSPS) is 21.4. The Balaban J connectivity index is 1.80. The molecule has 1 atom stereocenters. The van der Waals surface area contributed by atoms with E-state index < -0.39 is 0 Å². The minimum absolute atomic E-state index is 0.00995. The summed E-state index contributed by atoms with van der Waals surface area (Å²) in [5.74, 6) is 0.266. The van der Waals surface area contributed by atoms with Gasteiger partial charge in [-0.15, -0.1) is 0 Å². The highest BCUT2D eigenvalue weighted by Gasteiger charge is 2.36. The van der Waals surface area contributed by atoms with Crippen molar-refractivity contribution < 1.29 is 9.90 Å². The number of nitrogens with one attached hydrogen (secondary N) is 1. The van der Waals surface area contributed by atoms with Gasteiger partial charge >= 0.3 is 0 Å². The molecule has 2 N–H and O–H groups in total. The van der Waals surface area contributed by atoms with Crippen LogP contribution in [0.2, 0.25) is 0 Å². The van der Waals surface area contributed by atoms with Crippen LogP contribution in [-0.4, -0.2) is 46.6 Å².